The molecule has 0 atom stereocenters. The third-order valence-corrected chi connectivity index (χ3v) is 2.60. The molecule has 0 amide bonds. The molecule has 0 fully saturated rings. The van der Waals surface area contributed by atoms with Crippen molar-refractivity contribution in [1.29, 1.82) is 21.0 Å². The van der Waals surface area contributed by atoms with E-state index in [1.54, 1.807) is 24.3 Å². The number of rotatable bonds is 2. The van der Waals surface area contributed by atoms with Gasteiger partial charge in [-0.1, -0.05) is 24.3 Å². The van der Waals surface area contributed by atoms with Gasteiger partial charge in [0.2, 0.25) is 0 Å². The van der Waals surface area contributed by atoms with Gasteiger partial charge in [-0.15, -0.1) is 0 Å². The van der Waals surface area contributed by atoms with Crippen LogP contribution in [0, 0.1) is 51.2 Å². The summed E-state index contributed by atoms with van der Waals surface area (Å²) >= 11 is 0. The molecule has 0 aliphatic heterocycles. The number of nitrogens with zero attached hydrogens (tertiary/aromatic N) is 4. The predicted octanol–water partition coefficient (Wildman–Crippen LogP) is 1.50. The Morgan fingerprint density at radius 3 is 1.94 bits per heavy atom. The summed E-state index contributed by atoms with van der Waals surface area (Å²) in [6.07, 6.45) is 6.21. The Labute approximate surface area is 105 Å². The summed E-state index contributed by atoms with van der Waals surface area (Å²) in [7, 11) is 1.29. The topological polar surface area (TPSA) is 104 Å². The molecule has 86 valence electrons. The molecule has 0 aromatic carbocycles. The molecule has 5 heteroatoms. The van der Waals surface area contributed by atoms with Crippen LogP contribution in [0.4, 0.5) is 0 Å². The first kappa shape index (κ1) is 13.2. The summed E-state index contributed by atoms with van der Waals surface area (Å²) in [6.45, 7) is 0. The van der Waals surface area contributed by atoms with Crippen LogP contribution in [0.15, 0.2) is 35.5 Å². The number of allylic oxidation sites excluding steroid dienone is 4. The van der Waals surface area contributed by atoms with E-state index < -0.39 is 11.5 Å². The van der Waals surface area contributed by atoms with Crippen molar-refractivity contribution in [2.24, 2.45) is 5.92 Å². The first-order valence-corrected chi connectivity index (χ1v) is 4.96. The van der Waals surface area contributed by atoms with Crippen molar-refractivity contribution in [3.05, 3.63) is 35.5 Å². The van der Waals surface area contributed by atoms with Gasteiger partial charge < -0.3 is 4.74 Å². The monoisotopic (exact) mass is 236 g/mol. The average molecular weight is 236 g/mol. The Balaban J connectivity index is 3.13. The molecule has 0 heterocycles. The molecule has 0 radical (unpaired) electrons. The predicted molar refractivity (Wildman–Crippen MR) is 61.0 cm³/mol. The van der Waals surface area contributed by atoms with Gasteiger partial charge in [-0.2, -0.15) is 21.0 Å². The Morgan fingerprint density at radius 1 is 1.11 bits per heavy atom. The Morgan fingerprint density at radius 2 is 1.61 bits per heavy atom. The number of ether oxygens (including phenoxy) is 1. The minimum Gasteiger partial charge on any atom is -0.351 e. The van der Waals surface area contributed by atoms with Gasteiger partial charge >= 0.3 is 0 Å². The third-order valence-electron chi connectivity index (χ3n) is 2.60. The number of hydrogen-bond donors (Lipinski definition) is 0. The Hall–Kier alpha value is -2.86. The van der Waals surface area contributed by atoms with E-state index >= 15 is 0 Å². The van der Waals surface area contributed by atoms with Gasteiger partial charge in [-0.25, -0.2) is 0 Å². The van der Waals surface area contributed by atoms with Crippen LogP contribution in [0.5, 0.6) is 0 Å². The van der Waals surface area contributed by atoms with Crippen LogP contribution in [0.2, 0.25) is 0 Å². The summed E-state index contributed by atoms with van der Waals surface area (Å²) in [5, 5.41) is 35.5. The zero-order valence-corrected chi connectivity index (χ0v) is 9.58. The Bertz CT molecular complexity index is 553. The molecule has 0 aromatic heterocycles. The number of nitriles is 4. The lowest BCUT2D eigenvalue weighted by Gasteiger charge is -2.24. The largest absolute Gasteiger partial charge is 0.351 e. The minimum atomic E-state index is -1.59. The summed E-state index contributed by atoms with van der Waals surface area (Å²) in [5.41, 5.74) is -1.15. The minimum absolute atomic E-state index is 0.0158. The second-order valence-corrected chi connectivity index (χ2v) is 3.46. The first-order valence-electron chi connectivity index (χ1n) is 4.96. The molecule has 0 N–H and O–H groups in total. The maximum absolute atomic E-state index is 9.01. The van der Waals surface area contributed by atoms with E-state index in [9.17, 15) is 0 Å². The van der Waals surface area contributed by atoms with Crippen molar-refractivity contribution in [3.63, 3.8) is 0 Å². The highest BCUT2D eigenvalue weighted by molar-refractivity contribution is 5.52. The van der Waals surface area contributed by atoms with Gasteiger partial charge in [0.1, 0.15) is 29.8 Å². The summed E-state index contributed by atoms with van der Waals surface area (Å²) in [5.74, 6) is -0.542. The van der Waals surface area contributed by atoms with Crippen LogP contribution in [-0.2, 0) is 4.74 Å². The lowest BCUT2D eigenvalue weighted by molar-refractivity contribution is 0.0662. The molecular weight excluding hydrogens is 228 g/mol. The lowest BCUT2D eigenvalue weighted by Crippen LogP contribution is -2.35. The Kier molecular flexibility index (Phi) is 4.01. The van der Waals surface area contributed by atoms with Crippen LogP contribution in [-0.4, -0.2) is 12.7 Å². The van der Waals surface area contributed by atoms with Crippen molar-refractivity contribution in [3.8, 4) is 24.3 Å². The molecule has 0 spiro atoms. The standard InChI is InChI=1S/C13H8N4O/c1-18-13(8-16,9-17)12-4-2-10(3-5-12)11(6-14)7-15/h2-5,12H,1H3. The molecule has 0 unspecified atom stereocenters. The van der Waals surface area contributed by atoms with Crippen molar-refractivity contribution < 1.29 is 4.74 Å². The lowest BCUT2D eigenvalue weighted by atomic mass is 9.85. The van der Waals surface area contributed by atoms with Gasteiger partial charge in [-0.05, 0) is 0 Å². The van der Waals surface area contributed by atoms with Gasteiger partial charge in [-0.3, -0.25) is 0 Å². The fraction of sp³-hybridized carbons (Fsp3) is 0.231. The van der Waals surface area contributed by atoms with Crippen LogP contribution >= 0.6 is 0 Å². The third kappa shape index (κ3) is 2.13. The summed E-state index contributed by atoms with van der Waals surface area (Å²) in [6, 6.07) is 7.19. The average Bonchev–Trinajstić information content (AvgIpc) is 2.44. The molecule has 1 aliphatic rings. The first-order chi connectivity index (χ1) is 8.67. The zero-order chi connectivity index (χ0) is 13.6. The van der Waals surface area contributed by atoms with Crippen molar-refractivity contribution in [1.82, 2.24) is 0 Å². The second-order valence-electron chi connectivity index (χ2n) is 3.46. The van der Waals surface area contributed by atoms with Crippen molar-refractivity contribution in [2.45, 2.75) is 5.60 Å². The molecule has 0 saturated heterocycles. The highest BCUT2D eigenvalue weighted by Gasteiger charge is 2.37. The van der Waals surface area contributed by atoms with Crippen molar-refractivity contribution >= 4 is 0 Å². The second kappa shape index (κ2) is 5.46. The van der Waals surface area contributed by atoms with E-state index in [0.29, 0.717) is 5.57 Å². The van der Waals surface area contributed by atoms with Crippen LogP contribution in [0.25, 0.3) is 0 Å². The fourth-order valence-corrected chi connectivity index (χ4v) is 1.53. The van der Waals surface area contributed by atoms with E-state index in [1.165, 1.54) is 19.3 Å². The maximum Gasteiger partial charge on any atom is 0.250 e. The maximum atomic E-state index is 9.01. The highest BCUT2D eigenvalue weighted by atomic mass is 16.5. The van der Waals surface area contributed by atoms with Gasteiger partial charge in [0, 0.05) is 12.7 Å². The molecule has 18 heavy (non-hydrogen) atoms. The van der Waals surface area contributed by atoms with E-state index in [-0.39, 0.29) is 5.57 Å². The molecule has 0 saturated carbocycles. The molecule has 1 rings (SSSR count). The number of hydrogen-bond acceptors (Lipinski definition) is 5. The smallest absolute Gasteiger partial charge is 0.250 e. The SMILES string of the molecule is COC(C#N)(C#N)C1C=CC(=C(C#N)C#N)C=C1. The van der Waals surface area contributed by atoms with Crippen molar-refractivity contribution in [2.75, 3.05) is 7.11 Å². The van der Waals surface area contributed by atoms with E-state index in [4.69, 9.17) is 25.8 Å². The molecule has 1 aliphatic carbocycles. The molecular formula is C13H8N4O. The van der Waals surface area contributed by atoms with E-state index in [1.807, 2.05) is 12.1 Å². The molecule has 5 nitrogen and oxygen atoms in total. The van der Waals surface area contributed by atoms with E-state index in [2.05, 4.69) is 0 Å². The number of methoxy groups -OCH3 is 1. The van der Waals surface area contributed by atoms with Gasteiger partial charge in [0.05, 0.1) is 5.92 Å². The quantitative estimate of drug-likeness (QED) is 0.675. The van der Waals surface area contributed by atoms with Crippen LogP contribution in [0.3, 0.4) is 0 Å². The molecule has 0 bridgehead atoms. The summed E-state index contributed by atoms with van der Waals surface area (Å²) in [4.78, 5) is 0. The van der Waals surface area contributed by atoms with Gasteiger partial charge in [0.15, 0.2) is 0 Å². The van der Waals surface area contributed by atoms with Crippen LogP contribution in [0.1, 0.15) is 0 Å². The summed E-state index contributed by atoms with van der Waals surface area (Å²) < 4.78 is 4.95. The molecule has 0 aromatic rings. The fourth-order valence-electron chi connectivity index (χ4n) is 1.53. The normalized spacial score (nSPS) is 17.2. The van der Waals surface area contributed by atoms with Crippen LogP contribution < -0.4 is 0 Å². The van der Waals surface area contributed by atoms with Gasteiger partial charge in [0.25, 0.3) is 5.60 Å². The zero-order valence-electron chi connectivity index (χ0n) is 9.58. The highest BCUT2D eigenvalue weighted by Crippen LogP contribution is 2.28. The van der Waals surface area contributed by atoms with E-state index in [0.717, 1.165) is 0 Å².